The number of para-hydroxylation sites is 1. The summed E-state index contributed by atoms with van der Waals surface area (Å²) in [5.74, 6) is -0.597. The SMILES string of the molecule is N#CCNC(=O)C(Cc1ccc(O)cc1)NC(=O)Cc1c[nH]c2ccccc12. The van der Waals surface area contributed by atoms with Gasteiger partial charge in [0.05, 0.1) is 12.5 Å². The van der Waals surface area contributed by atoms with Crippen LogP contribution in [0.2, 0.25) is 0 Å². The average molecular weight is 376 g/mol. The van der Waals surface area contributed by atoms with Crippen LogP contribution in [0.3, 0.4) is 0 Å². The van der Waals surface area contributed by atoms with Crippen LogP contribution in [-0.2, 0) is 22.4 Å². The van der Waals surface area contributed by atoms with Gasteiger partial charge in [0.1, 0.15) is 18.3 Å². The van der Waals surface area contributed by atoms with E-state index in [9.17, 15) is 14.7 Å². The summed E-state index contributed by atoms with van der Waals surface area (Å²) < 4.78 is 0. The molecule has 2 amide bonds. The van der Waals surface area contributed by atoms with Gasteiger partial charge in [-0.3, -0.25) is 9.59 Å². The first kappa shape index (κ1) is 19.0. The number of benzene rings is 2. The number of nitrogens with zero attached hydrogens (tertiary/aromatic N) is 1. The summed E-state index contributed by atoms with van der Waals surface area (Å²) in [5.41, 5.74) is 2.56. The van der Waals surface area contributed by atoms with E-state index < -0.39 is 11.9 Å². The molecule has 142 valence electrons. The van der Waals surface area contributed by atoms with E-state index >= 15 is 0 Å². The molecule has 7 nitrogen and oxygen atoms in total. The van der Waals surface area contributed by atoms with Gasteiger partial charge in [-0.15, -0.1) is 0 Å². The van der Waals surface area contributed by atoms with E-state index in [-0.39, 0.29) is 31.0 Å². The topological polar surface area (TPSA) is 118 Å². The third-order valence-corrected chi connectivity index (χ3v) is 4.40. The molecule has 3 aromatic rings. The third-order valence-electron chi connectivity index (χ3n) is 4.40. The molecule has 0 fully saturated rings. The van der Waals surface area contributed by atoms with Gasteiger partial charge in [-0.2, -0.15) is 5.26 Å². The molecule has 1 heterocycles. The van der Waals surface area contributed by atoms with Crippen LogP contribution >= 0.6 is 0 Å². The number of aromatic nitrogens is 1. The Hall–Kier alpha value is -3.79. The molecule has 0 aliphatic heterocycles. The Morgan fingerprint density at radius 3 is 2.64 bits per heavy atom. The normalized spacial score (nSPS) is 11.5. The van der Waals surface area contributed by atoms with Crippen molar-refractivity contribution < 1.29 is 14.7 Å². The lowest BCUT2D eigenvalue weighted by molar-refractivity contribution is -0.128. The predicted molar refractivity (Wildman–Crippen MR) is 104 cm³/mol. The summed E-state index contributed by atoms with van der Waals surface area (Å²) in [4.78, 5) is 28.1. The van der Waals surface area contributed by atoms with Gasteiger partial charge >= 0.3 is 0 Å². The molecule has 7 heteroatoms. The van der Waals surface area contributed by atoms with Crippen molar-refractivity contribution in [2.45, 2.75) is 18.9 Å². The van der Waals surface area contributed by atoms with Crippen LogP contribution < -0.4 is 10.6 Å². The molecule has 0 aliphatic carbocycles. The summed E-state index contributed by atoms with van der Waals surface area (Å²) >= 11 is 0. The van der Waals surface area contributed by atoms with Gasteiger partial charge in [0.25, 0.3) is 0 Å². The lowest BCUT2D eigenvalue weighted by Gasteiger charge is -2.18. The smallest absolute Gasteiger partial charge is 0.243 e. The lowest BCUT2D eigenvalue weighted by Crippen LogP contribution is -2.48. The summed E-state index contributed by atoms with van der Waals surface area (Å²) in [6, 6.07) is 15.1. The Bertz CT molecular complexity index is 1020. The highest BCUT2D eigenvalue weighted by atomic mass is 16.3. The van der Waals surface area contributed by atoms with Crippen LogP contribution in [-0.4, -0.2) is 34.5 Å². The molecule has 0 spiro atoms. The van der Waals surface area contributed by atoms with Crippen molar-refractivity contribution >= 4 is 22.7 Å². The number of aromatic hydroxyl groups is 1. The number of phenolic OH excluding ortho intramolecular Hbond substituents is 1. The van der Waals surface area contributed by atoms with Crippen molar-refractivity contribution in [2.75, 3.05) is 6.54 Å². The second-order valence-corrected chi connectivity index (χ2v) is 6.40. The number of nitriles is 1. The molecule has 1 atom stereocenters. The van der Waals surface area contributed by atoms with Crippen LogP contribution in [0.5, 0.6) is 5.75 Å². The highest BCUT2D eigenvalue weighted by molar-refractivity contribution is 5.92. The summed E-state index contributed by atoms with van der Waals surface area (Å²) in [6.07, 6.45) is 2.16. The van der Waals surface area contributed by atoms with Crippen LogP contribution in [0.4, 0.5) is 0 Å². The number of rotatable bonds is 7. The number of hydrogen-bond donors (Lipinski definition) is 4. The second kappa shape index (κ2) is 8.73. The molecule has 2 aromatic carbocycles. The fraction of sp³-hybridized carbons (Fsp3) is 0.190. The second-order valence-electron chi connectivity index (χ2n) is 6.40. The fourth-order valence-corrected chi connectivity index (χ4v) is 3.02. The van der Waals surface area contributed by atoms with Crippen molar-refractivity contribution in [3.05, 3.63) is 65.9 Å². The maximum Gasteiger partial charge on any atom is 0.243 e. The number of H-pyrrole nitrogens is 1. The van der Waals surface area contributed by atoms with Gasteiger partial charge < -0.3 is 20.7 Å². The molecule has 1 unspecified atom stereocenters. The minimum atomic E-state index is -0.824. The molecule has 4 N–H and O–H groups in total. The quantitative estimate of drug-likeness (QED) is 0.470. The number of carbonyl (C=O) groups excluding carboxylic acids is 2. The first-order valence-corrected chi connectivity index (χ1v) is 8.83. The zero-order valence-corrected chi connectivity index (χ0v) is 15.1. The van der Waals surface area contributed by atoms with Crippen LogP contribution in [0.25, 0.3) is 10.9 Å². The first-order valence-electron chi connectivity index (χ1n) is 8.83. The Morgan fingerprint density at radius 1 is 1.14 bits per heavy atom. The van der Waals surface area contributed by atoms with E-state index in [1.807, 2.05) is 30.3 Å². The molecule has 0 radical (unpaired) electrons. The van der Waals surface area contributed by atoms with Crippen LogP contribution in [0, 0.1) is 11.3 Å². The van der Waals surface area contributed by atoms with E-state index in [0.29, 0.717) is 0 Å². The predicted octanol–water partition coefficient (Wildman–Crippen LogP) is 1.78. The Morgan fingerprint density at radius 2 is 1.89 bits per heavy atom. The number of carbonyl (C=O) groups is 2. The monoisotopic (exact) mass is 376 g/mol. The molecule has 1 aromatic heterocycles. The third kappa shape index (κ3) is 4.68. The Kier molecular flexibility index (Phi) is 5.92. The van der Waals surface area contributed by atoms with Crippen LogP contribution in [0.1, 0.15) is 11.1 Å². The molecular weight excluding hydrogens is 356 g/mol. The van der Waals surface area contributed by atoms with Gasteiger partial charge in [0.15, 0.2) is 0 Å². The molecule has 3 rings (SSSR count). The minimum absolute atomic E-state index is 0.123. The minimum Gasteiger partial charge on any atom is -0.508 e. The molecular formula is C21H20N4O3. The Labute approximate surface area is 162 Å². The number of fused-ring (bicyclic) bond motifs is 1. The van der Waals surface area contributed by atoms with E-state index in [1.54, 1.807) is 18.3 Å². The lowest BCUT2D eigenvalue weighted by atomic mass is 10.0. The number of hydrogen-bond acceptors (Lipinski definition) is 4. The van der Waals surface area contributed by atoms with Crippen molar-refractivity contribution in [3.8, 4) is 11.8 Å². The summed E-state index contributed by atoms with van der Waals surface area (Å²) in [5, 5.41) is 24.3. The van der Waals surface area contributed by atoms with E-state index in [0.717, 1.165) is 22.0 Å². The summed E-state index contributed by atoms with van der Waals surface area (Å²) in [7, 11) is 0. The number of nitrogens with one attached hydrogen (secondary N) is 3. The molecule has 0 bridgehead atoms. The van der Waals surface area contributed by atoms with Gasteiger partial charge in [-0.1, -0.05) is 30.3 Å². The standard InChI is InChI=1S/C21H20N4O3/c22-9-10-23-21(28)19(11-14-5-7-16(26)8-6-14)25-20(27)12-15-13-24-18-4-2-1-3-17(15)18/h1-8,13,19,24,26H,10-12H2,(H,23,28)(H,25,27). The van der Waals surface area contributed by atoms with Crippen molar-refractivity contribution in [1.82, 2.24) is 15.6 Å². The highest BCUT2D eigenvalue weighted by Gasteiger charge is 2.21. The first-order chi connectivity index (χ1) is 13.6. The average Bonchev–Trinajstić information content (AvgIpc) is 3.10. The zero-order valence-electron chi connectivity index (χ0n) is 15.1. The highest BCUT2D eigenvalue weighted by Crippen LogP contribution is 2.18. The number of phenols is 1. The van der Waals surface area contributed by atoms with Gasteiger partial charge in [-0.05, 0) is 29.3 Å². The molecule has 0 aliphatic rings. The molecule has 0 saturated carbocycles. The van der Waals surface area contributed by atoms with Crippen molar-refractivity contribution in [1.29, 1.82) is 5.26 Å². The number of amides is 2. The van der Waals surface area contributed by atoms with E-state index in [2.05, 4.69) is 15.6 Å². The van der Waals surface area contributed by atoms with Gasteiger partial charge in [0.2, 0.25) is 11.8 Å². The maximum atomic E-state index is 12.6. The zero-order chi connectivity index (χ0) is 19.9. The molecule has 28 heavy (non-hydrogen) atoms. The maximum absolute atomic E-state index is 12.6. The van der Waals surface area contributed by atoms with E-state index in [4.69, 9.17) is 5.26 Å². The Balaban J connectivity index is 1.72. The largest absolute Gasteiger partial charge is 0.508 e. The van der Waals surface area contributed by atoms with Crippen molar-refractivity contribution in [2.24, 2.45) is 0 Å². The van der Waals surface area contributed by atoms with Crippen molar-refractivity contribution in [3.63, 3.8) is 0 Å². The van der Waals surface area contributed by atoms with E-state index in [1.165, 1.54) is 12.1 Å². The molecule has 0 saturated heterocycles. The number of aromatic amines is 1. The fourth-order valence-electron chi connectivity index (χ4n) is 3.02. The van der Waals surface area contributed by atoms with Gasteiger partial charge in [-0.25, -0.2) is 0 Å². The van der Waals surface area contributed by atoms with Gasteiger partial charge in [0, 0.05) is 23.5 Å². The van der Waals surface area contributed by atoms with Crippen LogP contribution in [0.15, 0.2) is 54.7 Å². The summed E-state index contributed by atoms with van der Waals surface area (Å²) in [6.45, 7) is -0.136.